The molecular weight excluding hydrogens is 354 g/mol. The molecule has 0 spiro atoms. The molecule has 0 saturated carbocycles. The van der Waals surface area contributed by atoms with Crippen molar-refractivity contribution in [1.29, 1.82) is 0 Å². The summed E-state index contributed by atoms with van der Waals surface area (Å²) in [5.41, 5.74) is 0.0247. The number of H-pyrrole nitrogens is 1. The van der Waals surface area contributed by atoms with Gasteiger partial charge in [-0.15, -0.1) is 0 Å². The number of aromatic nitrogens is 3. The van der Waals surface area contributed by atoms with Crippen LogP contribution < -0.4 is 11.2 Å². The molecule has 0 atom stereocenters. The Bertz CT molecular complexity index is 673. The van der Waals surface area contributed by atoms with Crippen molar-refractivity contribution in [3.63, 3.8) is 0 Å². The Morgan fingerprint density at radius 3 is 2.59 bits per heavy atom. The zero-order valence-electron chi connectivity index (χ0n) is 8.70. The van der Waals surface area contributed by atoms with Gasteiger partial charge in [0.15, 0.2) is 0 Å². The van der Waals surface area contributed by atoms with E-state index in [1.54, 1.807) is 19.1 Å². The molecule has 2 rings (SSSR count). The van der Waals surface area contributed by atoms with Crippen molar-refractivity contribution in [2.45, 2.75) is 6.92 Å². The van der Waals surface area contributed by atoms with Crippen LogP contribution in [0.1, 0.15) is 5.69 Å². The maximum Gasteiger partial charge on any atom is 0.333 e. The van der Waals surface area contributed by atoms with Crippen molar-refractivity contribution in [3.8, 4) is 5.69 Å². The van der Waals surface area contributed by atoms with Crippen LogP contribution in [-0.4, -0.2) is 14.5 Å². The predicted octanol–water partition coefficient (Wildman–Crippen LogP) is 1.75. The molecule has 1 N–H and O–H groups in total. The first kappa shape index (κ1) is 12.3. The SMILES string of the molecule is Cc1[nH]c(=O)n(-c2ccc(Br)nc2)c(=O)c1Br. The second-order valence-corrected chi connectivity index (χ2v) is 4.95. The van der Waals surface area contributed by atoms with Gasteiger partial charge in [-0.05, 0) is 50.9 Å². The normalized spacial score (nSPS) is 10.5. The van der Waals surface area contributed by atoms with Crippen LogP contribution in [0, 0.1) is 6.92 Å². The van der Waals surface area contributed by atoms with Crippen LogP contribution in [0.5, 0.6) is 0 Å². The number of aryl methyl sites for hydroxylation is 1. The average molecular weight is 361 g/mol. The number of aromatic amines is 1. The maximum atomic E-state index is 12.0. The lowest BCUT2D eigenvalue weighted by Crippen LogP contribution is -2.35. The molecule has 2 aromatic heterocycles. The van der Waals surface area contributed by atoms with E-state index in [9.17, 15) is 9.59 Å². The van der Waals surface area contributed by atoms with Crippen molar-refractivity contribution >= 4 is 31.9 Å². The van der Waals surface area contributed by atoms with Crippen LogP contribution in [0.4, 0.5) is 0 Å². The Balaban J connectivity index is 2.77. The Morgan fingerprint density at radius 2 is 2.00 bits per heavy atom. The van der Waals surface area contributed by atoms with Gasteiger partial charge in [-0.3, -0.25) is 4.79 Å². The molecule has 0 bridgehead atoms. The third kappa shape index (κ3) is 2.25. The Labute approximate surface area is 113 Å². The fraction of sp³-hybridized carbons (Fsp3) is 0.100. The fourth-order valence-corrected chi connectivity index (χ4v) is 1.87. The summed E-state index contributed by atoms with van der Waals surface area (Å²) in [6.45, 7) is 1.65. The molecule has 88 valence electrons. The Morgan fingerprint density at radius 1 is 1.29 bits per heavy atom. The number of hydrogen-bond donors (Lipinski definition) is 1. The number of hydrogen-bond acceptors (Lipinski definition) is 3. The Hall–Kier alpha value is -1.21. The van der Waals surface area contributed by atoms with Crippen LogP contribution in [0.15, 0.2) is 37.0 Å². The molecule has 0 radical (unpaired) electrons. The van der Waals surface area contributed by atoms with Crippen molar-refractivity contribution in [2.75, 3.05) is 0 Å². The molecule has 2 aromatic rings. The lowest BCUT2D eigenvalue weighted by molar-refractivity contribution is 0.842. The summed E-state index contributed by atoms with van der Waals surface area (Å²) < 4.78 is 1.99. The monoisotopic (exact) mass is 359 g/mol. The van der Waals surface area contributed by atoms with Gasteiger partial charge in [0.1, 0.15) is 9.08 Å². The van der Waals surface area contributed by atoms with E-state index in [1.165, 1.54) is 6.20 Å². The molecule has 0 fully saturated rings. The highest BCUT2D eigenvalue weighted by molar-refractivity contribution is 9.10. The zero-order chi connectivity index (χ0) is 12.6. The van der Waals surface area contributed by atoms with E-state index in [2.05, 4.69) is 41.8 Å². The smallest absolute Gasteiger partial charge is 0.310 e. The van der Waals surface area contributed by atoms with E-state index in [-0.39, 0.29) is 0 Å². The highest BCUT2D eigenvalue weighted by Crippen LogP contribution is 2.10. The number of nitrogens with one attached hydrogen (secondary N) is 1. The minimum atomic E-state index is -0.486. The average Bonchev–Trinajstić information content (AvgIpc) is 2.29. The van der Waals surface area contributed by atoms with E-state index in [1.807, 2.05) is 0 Å². The zero-order valence-corrected chi connectivity index (χ0v) is 11.9. The topological polar surface area (TPSA) is 67.8 Å². The van der Waals surface area contributed by atoms with Crippen LogP contribution >= 0.6 is 31.9 Å². The molecule has 0 amide bonds. The van der Waals surface area contributed by atoms with Crippen molar-refractivity contribution in [1.82, 2.24) is 14.5 Å². The van der Waals surface area contributed by atoms with Gasteiger partial charge in [0.2, 0.25) is 0 Å². The van der Waals surface area contributed by atoms with Crippen LogP contribution in [0.3, 0.4) is 0 Å². The van der Waals surface area contributed by atoms with Gasteiger partial charge >= 0.3 is 5.69 Å². The molecule has 7 heteroatoms. The molecule has 0 unspecified atom stereocenters. The predicted molar refractivity (Wildman–Crippen MR) is 70.6 cm³/mol. The fourth-order valence-electron chi connectivity index (χ4n) is 1.36. The standard InChI is InChI=1S/C10H7Br2N3O2/c1-5-8(12)9(16)15(10(17)14-5)6-2-3-7(11)13-4-6/h2-4H,1H3,(H,14,17). The molecular formula is C10H7Br2N3O2. The van der Waals surface area contributed by atoms with Gasteiger partial charge < -0.3 is 4.98 Å². The minimum Gasteiger partial charge on any atom is -0.310 e. The summed E-state index contributed by atoms with van der Waals surface area (Å²) in [5.74, 6) is 0. The van der Waals surface area contributed by atoms with Crippen molar-refractivity contribution in [3.05, 3.63) is 53.9 Å². The molecule has 17 heavy (non-hydrogen) atoms. The van der Waals surface area contributed by atoms with E-state index in [4.69, 9.17) is 0 Å². The van der Waals surface area contributed by atoms with Crippen LogP contribution in [-0.2, 0) is 0 Å². The van der Waals surface area contributed by atoms with Gasteiger partial charge in [0.05, 0.1) is 11.9 Å². The van der Waals surface area contributed by atoms with Crippen LogP contribution in [0.25, 0.3) is 5.69 Å². The second kappa shape index (κ2) is 4.58. The first-order valence-electron chi connectivity index (χ1n) is 4.64. The molecule has 0 aliphatic carbocycles. The number of rotatable bonds is 1. The minimum absolute atomic E-state index is 0.333. The molecule has 5 nitrogen and oxygen atoms in total. The first-order chi connectivity index (χ1) is 8.00. The third-order valence-electron chi connectivity index (χ3n) is 2.19. The lowest BCUT2D eigenvalue weighted by atomic mass is 10.4. The summed E-state index contributed by atoms with van der Waals surface area (Å²) in [4.78, 5) is 30.3. The summed E-state index contributed by atoms with van der Waals surface area (Å²) in [6.07, 6.45) is 1.45. The third-order valence-corrected chi connectivity index (χ3v) is 3.59. The summed E-state index contributed by atoms with van der Waals surface area (Å²) in [5, 5.41) is 0. The molecule has 0 aromatic carbocycles. The summed E-state index contributed by atoms with van der Waals surface area (Å²) in [6, 6.07) is 3.30. The first-order valence-corrected chi connectivity index (χ1v) is 6.22. The number of pyridine rings is 1. The summed E-state index contributed by atoms with van der Waals surface area (Å²) >= 11 is 6.33. The molecule has 0 aliphatic rings. The summed E-state index contributed by atoms with van der Waals surface area (Å²) in [7, 11) is 0. The van der Waals surface area contributed by atoms with E-state index >= 15 is 0 Å². The highest BCUT2D eigenvalue weighted by Gasteiger charge is 2.10. The number of halogens is 2. The van der Waals surface area contributed by atoms with Crippen LogP contribution in [0.2, 0.25) is 0 Å². The molecule has 0 saturated heterocycles. The lowest BCUT2D eigenvalue weighted by Gasteiger charge is -2.06. The second-order valence-electron chi connectivity index (χ2n) is 3.35. The maximum absolute atomic E-state index is 12.0. The van der Waals surface area contributed by atoms with Gasteiger partial charge in [0.25, 0.3) is 5.56 Å². The Kier molecular flexibility index (Phi) is 3.30. The number of nitrogens with zero attached hydrogens (tertiary/aromatic N) is 2. The van der Waals surface area contributed by atoms with E-state index < -0.39 is 11.2 Å². The van der Waals surface area contributed by atoms with Gasteiger partial charge in [-0.25, -0.2) is 14.3 Å². The van der Waals surface area contributed by atoms with E-state index in [0.717, 1.165) is 4.57 Å². The van der Waals surface area contributed by atoms with Gasteiger partial charge in [-0.2, -0.15) is 0 Å². The quantitative estimate of drug-likeness (QED) is 0.788. The van der Waals surface area contributed by atoms with Gasteiger partial charge in [-0.1, -0.05) is 0 Å². The van der Waals surface area contributed by atoms with Crippen molar-refractivity contribution < 1.29 is 0 Å². The molecule has 2 heterocycles. The van der Waals surface area contributed by atoms with Gasteiger partial charge in [0, 0.05) is 5.69 Å². The highest BCUT2D eigenvalue weighted by atomic mass is 79.9. The van der Waals surface area contributed by atoms with E-state index in [0.29, 0.717) is 20.5 Å². The van der Waals surface area contributed by atoms with Crippen molar-refractivity contribution in [2.24, 2.45) is 0 Å². The molecule has 0 aliphatic heterocycles. The largest absolute Gasteiger partial charge is 0.333 e.